The van der Waals surface area contributed by atoms with Crippen molar-refractivity contribution in [1.82, 2.24) is 0 Å². The number of hydrogen-bond acceptors (Lipinski definition) is 1. The molecule has 0 heterocycles. The van der Waals surface area contributed by atoms with E-state index in [9.17, 15) is 9.18 Å². The largest absolute Gasteiger partial charge is 0.478 e. The van der Waals surface area contributed by atoms with Gasteiger partial charge in [-0.3, -0.25) is 0 Å². The van der Waals surface area contributed by atoms with Crippen LogP contribution in [0.2, 0.25) is 15.1 Å². The zero-order chi connectivity index (χ0) is 11.6. The lowest BCUT2D eigenvalue weighted by atomic mass is 10.1. The van der Waals surface area contributed by atoms with Gasteiger partial charge in [0.05, 0.1) is 20.6 Å². The molecule has 15 heavy (non-hydrogen) atoms. The monoisotopic (exact) mass is 268 g/mol. The fourth-order valence-corrected chi connectivity index (χ4v) is 1.59. The fourth-order valence-electron chi connectivity index (χ4n) is 0.955. The molecular formula is C9H4Cl3FO2. The van der Waals surface area contributed by atoms with Crippen LogP contribution in [0.25, 0.3) is 5.57 Å². The molecule has 0 fully saturated rings. The van der Waals surface area contributed by atoms with E-state index in [0.717, 1.165) is 0 Å². The van der Waals surface area contributed by atoms with Crippen LogP contribution in [-0.2, 0) is 4.79 Å². The second-order valence-electron chi connectivity index (χ2n) is 2.55. The quantitative estimate of drug-likeness (QED) is 0.650. The Morgan fingerprint density at radius 3 is 2.33 bits per heavy atom. The van der Waals surface area contributed by atoms with Gasteiger partial charge in [0.1, 0.15) is 6.33 Å². The van der Waals surface area contributed by atoms with Gasteiger partial charge in [0, 0.05) is 5.56 Å². The Labute approximate surface area is 99.9 Å². The SMILES string of the molecule is O=C(O)/C(=C\F)c1ccc(Cl)c(Cl)c1Cl. The molecule has 80 valence electrons. The van der Waals surface area contributed by atoms with Crippen molar-refractivity contribution in [1.29, 1.82) is 0 Å². The van der Waals surface area contributed by atoms with Crippen LogP contribution < -0.4 is 0 Å². The fraction of sp³-hybridized carbons (Fsp3) is 0. The van der Waals surface area contributed by atoms with E-state index < -0.39 is 11.5 Å². The lowest BCUT2D eigenvalue weighted by molar-refractivity contribution is -0.130. The first-order valence-corrected chi connectivity index (χ1v) is 4.80. The number of carboxylic acid groups (broad SMARTS) is 1. The molecule has 2 nitrogen and oxygen atoms in total. The number of hydrogen-bond donors (Lipinski definition) is 1. The van der Waals surface area contributed by atoms with Gasteiger partial charge in [-0.05, 0) is 6.07 Å². The summed E-state index contributed by atoms with van der Waals surface area (Å²) in [7, 11) is 0. The van der Waals surface area contributed by atoms with Crippen molar-refractivity contribution < 1.29 is 14.3 Å². The van der Waals surface area contributed by atoms with Crippen LogP contribution in [0.1, 0.15) is 5.56 Å². The van der Waals surface area contributed by atoms with Crippen molar-refractivity contribution >= 4 is 46.3 Å². The average Bonchev–Trinajstić information content (AvgIpc) is 2.18. The van der Waals surface area contributed by atoms with Gasteiger partial charge < -0.3 is 5.11 Å². The number of carboxylic acids is 1. The summed E-state index contributed by atoms with van der Waals surface area (Å²) in [6.07, 6.45) is -0.0478. The molecule has 0 bridgehead atoms. The van der Waals surface area contributed by atoms with E-state index in [2.05, 4.69) is 0 Å². The number of benzene rings is 1. The van der Waals surface area contributed by atoms with E-state index in [1.165, 1.54) is 12.1 Å². The molecule has 1 rings (SSSR count). The molecule has 0 aromatic heterocycles. The second-order valence-corrected chi connectivity index (χ2v) is 3.71. The summed E-state index contributed by atoms with van der Waals surface area (Å²) in [6.45, 7) is 0. The molecule has 0 aliphatic carbocycles. The summed E-state index contributed by atoms with van der Waals surface area (Å²) >= 11 is 17.0. The molecule has 0 saturated heterocycles. The highest BCUT2D eigenvalue weighted by Gasteiger charge is 2.17. The molecule has 1 aromatic carbocycles. The van der Waals surface area contributed by atoms with Crippen LogP contribution in [0.5, 0.6) is 0 Å². The van der Waals surface area contributed by atoms with Crippen LogP contribution in [0, 0.1) is 0 Å². The Bertz CT molecular complexity index is 443. The Balaban J connectivity index is 3.39. The van der Waals surface area contributed by atoms with Gasteiger partial charge in [0.25, 0.3) is 0 Å². The standard InChI is InChI=1S/C9H4Cl3FO2/c10-6-2-1-4(7(11)8(6)12)5(3-13)9(14)15/h1-3H,(H,14,15)/b5-3-. The zero-order valence-electron chi connectivity index (χ0n) is 7.10. The summed E-state index contributed by atoms with van der Waals surface area (Å²) in [5.41, 5.74) is -0.584. The van der Waals surface area contributed by atoms with Crippen molar-refractivity contribution in [2.24, 2.45) is 0 Å². The van der Waals surface area contributed by atoms with E-state index in [-0.39, 0.29) is 27.0 Å². The highest BCUT2D eigenvalue weighted by molar-refractivity contribution is 6.49. The molecule has 6 heteroatoms. The molecule has 1 aromatic rings. The van der Waals surface area contributed by atoms with Crippen LogP contribution in [0.3, 0.4) is 0 Å². The summed E-state index contributed by atoms with van der Waals surface area (Å²) in [5.74, 6) is -1.43. The highest BCUT2D eigenvalue weighted by atomic mass is 35.5. The predicted molar refractivity (Wildman–Crippen MR) is 58.2 cm³/mol. The Hall–Kier alpha value is -0.770. The third kappa shape index (κ3) is 2.43. The minimum Gasteiger partial charge on any atom is -0.478 e. The second kappa shape index (κ2) is 4.84. The molecule has 0 atom stereocenters. The lowest BCUT2D eigenvalue weighted by Gasteiger charge is -2.06. The van der Waals surface area contributed by atoms with Crippen molar-refractivity contribution in [3.8, 4) is 0 Å². The number of aliphatic carboxylic acids is 1. The summed E-state index contributed by atoms with van der Waals surface area (Å²) in [6, 6.07) is 2.63. The van der Waals surface area contributed by atoms with Crippen molar-refractivity contribution in [2.45, 2.75) is 0 Å². The first kappa shape index (κ1) is 12.3. The highest BCUT2D eigenvalue weighted by Crippen LogP contribution is 2.35. The Kier molecular flexibility index (Phi) is 3.97. The normalized spacial score (nSPS) is 11.6. The van der Waals surface area contributed by atoms with Gasteiger partial charge in [0.2, 0.25) is 0 Å². The lowest BCUT2D eigenvalue weighted by Crippen LogP contribution is -2.00. The summed E-state index contributed by atoms with van der Waals surface area (Å²) < 4.78 is 12.3. The van der Waals surface area contributed by atoms with Crippen molar-refractivity contribution in [3.63, 3.8) is 0 Å². The molecule has 0 spiro atoms. The smallest absolute Gasteiger partial charge is 0.338 e. The topological polar surface area (TPSA) is 37.3 Å². The summed E-state index contributed by atoms with van der Waals surface area (Å²) in [4.78, 5) is 10.6. The molecule has 0 amide bonds. The number of carbonyl (C=O) groups is 1. The minimum atomic E-state index is -1.43. The maximum atomic E-state index is 12.3. The van der Waals surface area contributed by atoms with Gasteiger partial charge in [-0.25, -0.2) is 9.18 Å². The van der Waals surface area contributed by atoms with Gasteiger partial charge in [0.15, 0.2) is 0 Å². The third-order valence-electron chi connectivity index (χ3n) is 1.66. The maximum Gasteiger partial charge on any atom is 0.338 e. The average molecular weight is 269 g/mol. The molecule has 0 unspecified atom stereocenters. The van der Waals surface area contributed by atoms with E-state index in [4.69, 9.17) is 39.9 Å². The first-order chi connectivity index (χ1) is 6.99. The zero-order valence-corrected chi connectivity index (χ0v) is 9.37. The van der Waals surface area contributed by atoms with E-state index in [0.29, 0.717) is 0 Å². The molecule has 0 radical (unpaired) electrons. The molecule has 1 N–H and O–H groups in total. The number of rotatable bonds is 2. The first-order valence-electron chi connectivity index (χ1n) is 3.66. The molecule has 0 saturated carbocycles. The van der Waals surface area contributed by atoms with E-state index >= 15 is 0 Å². The van der Waals surface area contributed by atoms with Gasteiger partial charge >= 0.3 is 5.97 Å². The molecular weight excluding hydrogens is 265 g/mol. The van der Waals surface area contributed by atoms with Crippen LogP contribution in [-0.4, -0.2) is 11.1 Å². The van der Waals surface area contributed by atoms with Gasteiger partial charge in [-0.1, -0.05) is 40.9 Å². The van der Waals surface area contributed by atoms with Crippen molar-refractivity contribution in [3.05, 3.63) is 39.1 Å². The van der Waals surface area contributed by atoms with Crippen LogP contribution >= 0.6 is 34.8 Å². The third-order valence-corrected chi connectivity index (χ3v) is 2.96. The maximum absolute atomic E-state index is 12.3. The Morgan fingerprint density at radius 2 is 1.87 bits per heavy atom. The molecule has 0 aliphatic rings. The van der Waals surface area contributed by atoms with Crippen molar-refractivity contribution in [2.75, 3.05) is 0 Å². The van der Waals surface area contributed by atoms with Crippen LogP contribution in [0.4, 0.5) is 4.39 Å². The Morgan fingerprint density at radius 1 is 1.27 bits per heavy atom. The van der Waals surface area contributed by atoms with Crippen LogP contribution in [0.15, 0.2) is 18.5 Å². The van der Waals surface area contributed by atoms with E-state index in [1.807, 2.05) is 0 Å². The minimum absolute atomic E-state index is 0.00330. The van der Waals surface area contributed by atoms with Gasteiger partial charge in [-0.15, -0.1) is 0 Å². The molecule has 0 aliphatic heterocycles. The van der Waals surface area contributed by atoms with E-state index in [1.54, 1.807) is 0 Å². The summed E-state index contributed by atoms with van der Waals surface area (Å²) in [5, 5.41) is 8.75. The number of halogens is 4. The van der Waals surface area contributed by atoms with Gasteiger partial charge in [-0.2, -0.15) is 0 Å². The predicted octanol–water partition coefficient (Wildman–Crippen LogP) is 4.04.